The number of fused-ring (bicyclic) bond motifs is 1. The topological polar surface area (TPSA) is 78.9 Å². The normalized spacial score (nSPS) is 13.1. The molecule has 0 unspecified atom stereocenters. The molecular formula is C38H36O6. The summed E-state index contributed by atoms with van der Waals surface area (Å²) >= 11 is 0. The molecule has 1 aliphatic rings. The molecule has 0 N–H and O–H groups in total. The van der Waals surface area contributed by atoms with E-state index < -0.39 is 24.0 Å². The highest BCUT2D eigenvalue weighted by Gasteiger charge is 2.32. The van der Waals surface area contributed by atoms with Gasteiger partial charge in [-0.25, -0.2) is 14.4 Å². The van der Waals surface area contributed by atoms with E-state index >= 15 is 0 Å². The van der Waals surface area contributed by atoms with Crippen LogP contribution in [0.5, 0.6) is 11.5 Å². The number of carbonyl (C=O) groups excluding carboxylic acids is 3. The van der Waals surface area contributed by atoms with Crippen LogP contribution in [0.15, 0.2) is 108 Å². The lowest BCUT2D eigenvalue weighted by Crippen LogP contribution is -2.20. The summed E-state index contributed by atoms with van der Waals surface area (Å²) in [5, 5.41) is 0. The maximum Gasteiger partial charge on any atom is 0.343 e. The van der Waals surface area contributed by atoms with Gasteiger partial charge in [-0.3, -0.25) is 0 Å². The van der Waals surface area contributed by atoms with E-state index in [2.05, 4.69) is 13.8 Å². The quantitative estimate of drug-likeness (QED) is 0.105. The minimum atomic E-state index is -0.756. The lowest BCUT2D eigenvalue weighted by Gasteiger charge is -2.28. The molecule has 224 valence electrons. The molecule has 4 aromatic rings. The molecule has 1 atom stereocenters. The fraction of sp³-hybridized carbons (Fsp3) is 0.237. The van der Waals surface area contributed by atoms with E-state index in [0.717, 1.165) is 35.1 Å². The van der Waals surface area contributed by atoms with E-state index in [1.807, 2.05) is 25.1 Å². The van der Waals surface area contributed by atoms with Gasteiger partial charge in [0.15, 0.2) is 0 Å². The summed E-state index contributed by atoms with van der Waals surface area (Å²) in [6, 6.07) is 28.1. The Morgan fingerprint density at radius 2 is 1.14 bits per heavy atom. The molecule has 44 heavy (non-hydrogen) atoms. The van der Waals surface area contributed by atoms with E-state index in [4.69, 9.17) is 14.2 Å². The van der Waals surface area contributed by atoms with Crippen LogP contribution in [0, 0.1) is 0 Å². The molecule has 0 aromatic heterocycles. The molecule has 0 amide bonds. The molecule has 0 saturated carbocycles. The number of carbonyl (C=O) groups is 3. The highest BCUT2D eigenvalue weighted by Crippen LogP contribution is 2.45. The van der Waals surface area contributed by atoms with Crippen LogP contribution in [-0.4, -0.2) is 17.9 Å². The number of ether oxygens (including phenoxy) is 3. The van der Waals surface area contributed by atoms with Crippen LogP contribution >= 0.6 is 0 Å². The number of allylic oxidation sites excluding steroid dienone is 2. The van der Waals surface area contributed by atoms with Crippen LogP contribution in [0.4, 0.5) is 0 Å². The van der Waals surface area contributed by atoms with Crippen LogP contribution in [0.3, 0.4) is 0 Å². The predicted molar refractivity (Wildman–Crippen MR) is 169 cm³/mol. The van der Waals surface area contributed by atoms with Crippen molar-refractivity contribution in [3.8, 4) is 11.5 Å². The molecule has 6 nitrogen and oxygen atoms in total. The summed E-state index contributed by atoms with van der Waals surface area (Å²) in [5.74, 6) is -0.784. The third-order valence-electron chi connectivity index (χ3n) is 7.94. The van der Waals surface area contributed by atoms with Crippen molar-refractivity contribution in [2.45, 2.75) is 59.0 Å². The average Bonchev–Trinajstić information content (AvgIpc) is 3.06. The van der Waals surface area contributed by atoms with Crippen molar-refractivity contribution in [1.29, 1.82) is 0 Å². The Kier molecular flexibility index (Phi) is 9.70. The first kappa shape index (κ1) is 30.5. The molecule has 0 saturated heterocycles. The van der Waals surface area contributed by atoms with Crippen molar-refractivity contribution in [3.05, 3.63) is 142 Å². The molecule has 0 aliphatic heterocycles. The molecule has 0 heterocycles. The van der Waals surface area contributed by atoms with Gasteiger partial charge in [-0.1, -0.05) is 79.1 Å². The largest absolute Gasteiger partial charge is 0.454 e. The van der Waals surface area contributed by atoms with E-state index in [1.165, 1.54) is 0 Å². The molecule has 0 bridgehead atoms. The molecular weight excluding hydrogens is 552 g/mol. The van der Waals surface area contributed by atoms with Crippen LogP contribution in [0.2, 0.25) is 0 Å². The van der Waals surface area contributed by atoms with Gasteiger partial charge < -0.3 is 14.2 Å². The van der Waals surface area contributed by atoms with Gasteiger partial charge in [0.05, 0.1) is 16.7 Å². The average molecular weight is 589 g/mol. The summed E-state index contributed by atoms with van der Waals surface area (Å²) in [6.45, 7) is 6.16. The number of unbranched alkanes of at least 4 members (excludes halogenated alkanes) is 1. The first-order valence-corrected chi connectivity index (χ1v) is 15.0. The number of rotatable bonds is 10. The molecule has 1 aliphatic carbocycles. The number of benzene rings is 4. The van der Waals surface area contributed by atoms with Crippen LogP contribution < -0.4 is 9.47 Å². The van der Waals surface area contributed by atoms with Crippen LogP contribution in [-0.2, 0) is 17.6 Å². The Balaban J connectivity index is 1.66. The van der Waals surface area contributed by atoms with Crippen molar-refractivity contribution in [1.82, 2.24) is 0 Å². The van der Waals surface area contributed by atoms with Crippen LogP contribution in [0.1, 0.15) is 93.9 Å². The SMILES string of the molecule is CCCC[C@H](OC(=O)c1ccccc1)c1cc(OC(=O)c2ccccc2)c2c(c1OC(=O)c1ccccc1)CC(C)=C(C)C2. The second-order valence-corrected chi connectivity index (χ2v) is 11.1. The first-order valence-electron chi connectivity index (χ1n) is 15.0. The number of hydrogen-bond donors (Lipinski definition) is 0. The van der Waals surface area contributed by atoms with Gasteiger partial charge in [0.2, 0.25) is 0 Å². The molecule has 0 radical (unpaired) electrons. The van der Waals surface area contributed by atoms with Crippen molar-refractivity contribution < 1.29 is 28.6 Å². The summed E-state index contributed by atoms with van der Waals surface area (Å²) in [5.41, 5.74) is 5.55. The molecule has 0 spiro atoms. The minimum absolute atomic E-state index is 0.349. The van der Waals surface area contributed by atoms with Gasteiger partial charge in [-0.05, 0) is 82.0 Å². The van der Waals surface area contributed by atoms with Crippen molar-refractivity contribution in [3.63, 3.8) is 0 Å². The zero-order valence-corrected chi connectivity index (χ0v) is 25.3. The second-order valence-electron chi connectivity index (χ2n) is 11.1. The monoisotopic (exact) mass is 588 g/mol. The Labute approximate surface area is 258 Å². The predicted octanol–water partition coefficient (Wildman–Crippen LogP) is 8.65. The van der Waals surface area contributed by atoms with Crippen molar-refractivity contribution >= 4 is 17.9 Å². The lowest BCUT2D eigenvalue weighted by atomic mass is 9.83. The zero-order valence-electron chi connectivity index (χ0n) is 25.3. The lowest BCUT2D eigenvalue weighted by molar-refractivity contribution is 0.0263. The maximum absolute atomic E-state index is 13.5. The highest BCUT2D eigenvalue weighted by atomic mass is 16.6. The van der Waals surface area contributed by atoms with Gasteiger partial charge in [0.25, 0.3) is 0 Å². The fourth-order valence-electron chi connectivity index (χ4n) is 5.32. The second kappa shape index (κ2) is 14.0. The Bertz CT molecular complexity index is 1670. The molecule has 0 fully saturated rings. The maximum atomic E-state index is 13.5. The van der Waals surface area contributed by atoms with Crippen molar-refractivity contribution in [2.75, 3.05) is 0 Å². The summed E-state index contributed by atoms with van der Waals surface area (Å²) in [6.07, 6.45) is 2.37. The van der Waals surface area contributed by atoms with E-state index in [1.54, 1.807) is 78.9 Å². The van der Waals surface area contributed by atoms with E-state index in [9.17, 15) is 14.4 Å². The third kappa shape index (κ3) is 6.97. The van der Waals surface area contributed by atoms with Crippen LogP contribution in [0.25, 0.3) is 0 Å². The third-order valence-corrected chi connectivity index (χ3v) is 7.94. The number of esters is 3. The number of hydrogen-bond acceptors (Lipinski definition) is 6. The van der Waals surface area contributed by atoms with Gasteiger partial charge in [0.1, 0.15) is 17.6 Å². The fourth-order valence-corrected chi connectivity index (χ4v) is 5.32. The first-order chi connectivity index (χ1) is 21.4. The van der Waals surface area contributed by atoms with Crippen molar-refractivity contribution in [2.24, 2.45) is 0 Å². The Morgan fingerprint density at radius 3 is 1.66 bits per heavy atom. The summed E-state index contributed by atoms with van der Waals surface area (Å²) in [7, 11) is 0. The molecule has 6 heteroatoms. The summed E-state index contributed by atoms with van der Waals surface area (Å²) < 4.78 is 18.4. The highest BCUT2D eigenvalue weighted by molar-refractivity contribution is 5.93. The smallest absolute Gasteiger partial charge is 0.343 e. The molecule has 5 rings (SSSR count). The van der Waals surface area contributed by atoms with Gasteiger partial charge in [0, 0.05) is 16.7 Å². The summed E-state index contributed by atoms with van der Waals surface area (Å²) in [4.78, 5) is 40.2. The Morgan fingerprint density at radius 1 is 0.659 bits per heavy atom. The van der Waals surface area contributed by atoms with Gasteiger partial charge in [-0.15, -0.1) is 0 Å². The van der Waals surface area contributed by atoms with E-state index in [0.29, 0.717) is 53.0 Å². The van der Waals surface area contributed by atoms with E-state index in [-0.39, 0.29) is 0 Å². The molecule has 4 aromatic carbocycles. The Hall–Kier alpha value is -4.97. The minimum Gasteiger partial charge on any atom is -0.454 e. The van der Waals surface area contributed by atoms with Gasteiger partial charge in [-0.2, -0.15) is 0 Å². The van der Waals surface area contributed by atoms with Gasteiger partial charge >= 0.3 is 17.9 Å². The zero-order chi connectivity index (χ0) is 31.1. The standard InChI is InChI=1S/C38H36O6/c1-4-5-21-33(42-36(39)27-15-9-6-10-16-27)32-24-34(43-37(40)28-17-11-7-12-18-28)30-22-25(2)26(3)23-31(30)35(32)44-38(41)29-19-13-8-14-20-29/h6-20,24,33H,4-5,21-23H2,1-3H3/t33-/m0/s1.